The Kier molecular flexibility index (Phi) is 23.9. The summed E-state index contributed by atoms with van der Waals surface area (Å²) in [5, 5.41) is 9.77. The number of hydrogen-bond acceptors (Lipinski definition) is 9. The standard InChI is InChI=1S/C27H40FN3O2.C27H41N3O2.C24H38N2O2.4H2/c1-19(31-14-5-6-24(31)32)25(33)29-23-9-10-27(22-18-20(28)7-8-21(22)23)12-16-30(17-13-27)15-11-26(2,3)4;1-20(31)30-16-7-10-24(30)25(32)28-23-11-12-27(22-9-6-5-8-21(22)23)14-18-29(19-15-27)17-13-26(2,3)4;1-23(2,3)12-15-26-16-13-24(14-17-26)11-9-21(25-22(27)10-18-28-4)19-7-5-6-8-20(19)24;;;;/h7-8,18-19,23H,5-6,9-17H2,1-4H3,(H,29,33);5-6,8-9,23-24H,7,10-19H2,1-4H3,(H,28,32);5-8,21H,9-18H2,1-4H3,(H,25,27);4*1H/t19-,23-;23-,24-;21-;;;;/m011..../s1. The molecule has 5 atom stereocenters. The van der Waals surface area contributed by atoms with E-state index >= 15 is 0 Å². The van der Waals surface area contributed by atoms with Crippen LogP contribution >= 0.6 is 0 Å². The molecule has 0 radical (unpaired) electrons. The summed E-state index contributed by atoms with van der Waals surface area (Å²) in [4.78, 5) is 73.6. The number of hydrogen-bond donors (Lipinski definition) is 3. The monoisotopic (exact) mass is 1290 g/mol. The predicted octanol–water partition coefficient (Wildman–Crippen LogP) is 14.4. The van der Waals surface area contributed by atoms with Crippen molar-refractivity contribution in [3.05, 3.63) is 106 Å². The van der Waals surface area contributed by atoms with E-state index in [1.54, 1.807) is 29.9 Å². The number of likely N-dealkylation sites (tertiary alicyclic amines) is 5. The van der Waals surface area contributed by atoms with Crippen LogP contribution in [-0.2, 0) is 45.0 Å². The average Bonchev–Trinajstić information content (AvgIpc) is 1.09. The van der Waals surface area contributed by atoms with Crippen molar-refractivity contribution in [3.8, 4) is 0 Å². The van der Waals surface area contributed by atoms with Crippen LogP contribution in [0.5, 0.6) is 0 Å². The molecule has 14 nitrogen and oxygen atoms in total. The van der Waals surface area contributed by atoms with Gasteiger partial charge in [-0.1, -0.05) is 117 Å². The Hall–Kier alpha value is -5.22. The summed E-state index contributed by atoms with van der Waals surface area (Å²) >= 11 is 0. The summed E-state index contributed by atoms with van der Waals surface area (Å²) in [5.74, 6) is -0.144. The minimum atomic E-state index is -0.467. The van der Waals surface area contributed by atoms with Gasteiger partial charge in [0.1, 0.15) is 17.9 Å². The Balaban J connectivity index is 0.000000259. The quantitative estimate of drug-likeness (QED) is 0.135. The van der Waals surface area contributed by atoms with E-state index in [2.05, 4.69) is 141 Å². The van der Waals surface area contributed by atoms with Crippen molar-refractivity contribution in [1.82, 2.24) is 40.4 Å². The number of ether oxygens (including phenoxy) is 1. The van der Waals surface area contributed by atoms with Crippen LogP contribution in [0.1, 0.15) is 262 Å². The van der Waals surface area contributed by atoms with E-state index in [9.17, 15) is 28.4 Å². The van der Waals surface area contributed by atoms with Gasteiger partial charge in [0.15, 0.2) is 0 Å². The van der Waals surface area contributed by atoms with Crippen molar-refractivity contribution in [2.45, 2.75) is 251 Å². The van der Waals surface area contributed by atoms with Crippen molar-refractivity contribution in [1.29, 1.82) is 0 Å². The normalized spacial score (nSPS) is 24.0. The number of amides is 5. The van der Waals surface area contributed by atoms with Crippen molar-refractivity contribution in [3.63, 3.8) is 0 Å². The first-order valence-corrected chi connectivity index (χ1v) is 36.2. The van der Waals surface area contributed by atoms with E-state index in [0.29, 0.717) is 54.2 Å². The Labute approximate surface area is 565 Å². The molecule has 3 N–H and O–H groups in total. The van der Waals surface area contributed by atoms with Crippen LogP contribution in [0.2, 0.25) is 0 Å². The highest BCUT2D eigenvalue weighted by Crippen LogP contribution is 2.51. The van der Waals surface area contributed by atoms with Crippen LogP contribution in [0.3, 0.4) is 0 Å². The summed E-state index contributed by atoms with van der Waals surface area (Å²) in [5.41, 5.74) is 9.35. The van der Waals surface area contributed by atoms with Gasteiger partial charge in [0.05, 0.1) is 24.7 Å². The number of nitrogens with one attached hydrogen (secondary N) is 3. The molecule has 5 aliphatic heterocycles. The Bertz CT molecular complexity index is 3040. The molecule has 93 heavy (non-hydrogen) atoms. The summed E-state index contributed by atoms with van der Waals surface area (Å²) < 4.78 is 19.4. The molecule has 15 heteroatoms. The fourth-order valence-corrected chi connectivity index (χ4v) is 16.8. The molecule has 8 aliphatic rings. The van der Waals surface area contributed by atoms with E-state index in [0.717, 1.165) is 108 Å². The van der Waals surface area contributed by atoms with Gasteiger partial charge in [-0.05, 0) is 259 Å². The molecule has 5 amide bonds. The fraction of sp³-hybridized carbons (Fsp3) is 0.705. The van der Waals surface area contributed by atoms with Gasteiger partial charge in [0, 0.05) is 45.7 Å². The molecule has 3 aliphatic carbocycles. The zero-order valence-electron chi connectivity index (χ0n) is 59.4. The van der Waals surface area contributed by atoms with E-state index in [-0.39, 0.29) is 76.1 Å². The average molecular weight is 1290 g/mol. The molecule has 11 rings (SSSR count). The van der Waals surface area contributed by atoms with Gasteiger partial charge < -0.3 is 45.2 Å². The number of halogens is 1. The molecule has 5 fully saturated rings. The molecule has 0 saturated carbocycles. The number of carbonyl (C=O) groups excluding carboxylic acids is 5. The van der Waals surface area contributed by atoms with Crippen LogP contribution < -0.4 is 16.0 Å². The number of methoxy groups -OCH3 is 1. The minimum absolute atomic E-state index is 0. The summed E-state index contributed by atoms with van der Waals surface area (Å²) in [6.07, 6.45) is 20.2. The number of carbonyl (C=O) groups is 5. The van der Waals surface area contributed by atoms with Gasteiger partial charge in [-0.15, -0.1) is 0 Å². The largest absolute Gasteiger partial charge is 0.384 e. The highest BCUT2D eigenvalue weighted by molar-refractivity contribution is 5.89. The van der Waals surface area contributed by atoms with Gasteiger partial charge in [0.25, 0.3) is 0 Å². The zero-order valence-corrected chi connectivity index (χ0v) is 59.4. The highest BCUT2D eigenvalue weighted by atomic mass is 19.1. The maximum Gasteiger partial charge on any atom is 0.243 e. The zero-order chi connectivity index (χ0) is 66.9. The summed E-state index contributed by atoms with van der Waals surface area (Å²) in [7, 11) is 1.64. The molecule has 3 aromatic carbocycles. The molecule has 0 bridgehead atoms. The van der Waals surface area contributed by atoms with Crippen LogP contribution in [0.25, 0.3) is 0 Å². The highest BCUT2D eigenvalue weighted by Gasteiger charge is 2.47. The van der Waals surface area contributed by atoms with Crippen molar-refractivity contribution in [2.75, 3.05) is 85.7 Å². The van der Waals surface area contributed by atoms with Crippen LogP contribution in [0, 0.1) is 22.1 Å². The van der Waals surface area contributed by atoms with Crippen LogP contribution in [0.4, 0.5) is 4.39 Å². The topological polar surface area (TPSA) is 147 Å². The number of rotatable bonds is 15. The molecule has 0 aromatic heterocycles. The maximum absolute atomic E-state index is 14.4. The summed E-state index contributed by atoms with van der Waals surface area (Å²) in [6, 6.07) is 22.0. The molecule has 5 saturated heterocycles. The second-order valence-corrected chi connectivity index (χ2v) is 33.0. The molecule has 3 spiro atoms. The second-order valence-electron chi connectivity index (χ2n) is 33.0. The third kappa shape index (κ3) is 18.5. The first-order chi connectivity index (χ1) is 44.1. The lowest BCUT2D eigenvalue weighted by atomic mass is 9.63. The molecule has 3 aromatic rings. The van der Waals surface area contributed by atoms with E-state index in [1.807, 2.05) is 13.0 Å². The van der Waals surface area contributed by atoms with E-state index < -0.39 is 6.04 Å². The van der Waals surface area contributed by atoms with Crippen molar-refractivity contribution < 1.29 is 38.8 Å². The van der Waals surface area contributed by atoms with Gasteiger partial charge in [0.2, 0.25) is 29.5 Å². The smallest absolute Gasteiger partial charge is 0.243 e. The Morgan fingerprint density at radius 3 is 1.45 bits per heavy atom. The fourth-order valence-electron chi connectivity index (χ4n) is 16.8. The first-order valence-electron chi connectivity index (χ1n) is 36.2. The van der Waals surface area contributed by atoms with E-state index in [1.165, 1.54) is 106 Å². The second kappa shape index (κ2) is 30.9. The van der Waals surface area contributed by atoms with Gasteiger partial charge in [-0.2, -0.15) is 0 Å². The van der Waals surface area contributed by atoms with Gasteiger partial charge >= 0.3 is 0 Å². The lowest BCUT2D eigenvalue weighted by Gasteiger charge is -2.47. The van der Waals surface area contributed by atoms with Crippen LogP contribution in [-0.4, -0.2) is 152 Å². The van der Waals surface area contributed by atoms with Gasteiger partial charge in [-0.3, -0.25) is 24.0 Å². The Morgan fingerprint density at radius 1 is 0.570 bits per heavy atom. The first kappa shape index (κ1) is 72.1. The lowest BCUT2D eigenvalue weighted by molar-refractivity contribution is -0.137. The summed E-state index contributed by atoms with van der Waals surface area (Å²) in [6.45, 7) is 36.3. The van der Waals surface area contributed by atoms with Crippen molar-refractivity contribution in [2.24, 2.45) is 16.2 Å². The van der Waals surface area contributed by atoms with Crippen molar-refractivity contribution >= 4 is 29.5 Å². The molecular weight excluding hydrogens is 1160 g/mol. The number of benzene rings is 3. The Morgan fingerprint density at radius 2 is 1.01 bits per heavy atom. The van der Waals surface area contributed by atoms with E-state index in [4.69, 9.17) is 4.74 Å². The lowest BCUT2D eigenvalue weighted by Crippen LogP contribution is -2.49. The number of nitrogens with zero attached hydrogens (tertiary/aromatic N) is 5. The maximum atomic E-state index is 14.4. The number of fused-ring (bicyclic) bond motifs is 6. The number of piperidine rings is 3. The SMILES string of the molecule is CC(=O)N1CCC[C@@H]1C(=O)N[C@@H]1CCC2(CCN(CCC(C)(C)C)CC2)c2ccccc21.COCCC(=O)N[C@@H]1CCC2(CCN(CCC(C)(C)C)CC2)c2ccccc21.C[C@@H](C(=O)N[C@H]1CCC2(CCN(CCC(C)(C)C)CC2)c2cc(F)ccc21)N1CCCC1=O.[HH].[HH].[HH].[HH]. The van der Waals surface area contributed by atoms with Crippen LogP contribution in [0.15, 0.2) is 66.7 Å². The molecule has 5 heterocycles. The van der Waals surface area contributed by atoms with Gasteiger partial charge in [-0.25, -0.2) is 4.39 Å². The third-order valence-electron chi connectivity index (χ3n) is 22.9. The molecular formula is C78H127FN8O6. The minimum Gasteiger partial charge on any atom is -0.384 e. The molecule has 0 unspecified atom stereocenters. The predicted molar refractivity (Wildman–Crippen MR) is 380 cm³/mol. The molecule has 522 valence electrons. The third-order valence-corrected chi connectivity index (χ3v) is 22.9.